The van der Waals surface area contributed by atoms with Gasteiger partial charge in [0.05, 0.1) is 6.54 Å². The van der Waals surface area contributed by atoms with Crippen molar-refractivity contribution < 1.29 is 9.59 Å². The van der Waals surface area contributed by atoms with Crippen LogP contribution < -0.4 is 5.32 Å². The fourth-order valence-electron chi connectivity index (χ4n) is 1.83. The predicted octanol–water partition coefficient (Wildman–Crippen LogP) is 1.95. The maximum Gasteiger partial charge on any atom is 0.242 e. The highest BCUT2D eigenvalue weighted by molar-refractivity contribution is 9.10. The Kier molecular flexibility index (Phi) is 3.92. The molecule has 1 N–H and O–H groups in total. The Hall–Kier alpha value is -1.07. The van der Waals surface area contributed by atoms with Gasteiger partial charge in [-0.2, -0.15) is 0 Å². The zero-order chi connectivity index (χ0) is 13.3. The van der Waals surface area contributed by atoms with Crippen molar-refractivity contribution in [1.29, 1.82) is 0 Å². The number of nitrogens with zero attached hydrogens (tertiary/aromatic N) is 1. The summed E-state index contributed by atoms with van der Waals surface area (Å²) in [6, 6.07) is 5.01. The number of carbonyl (C=O) groups is 2. The Labute approximate surface area is 118 Å². The summed E-state index contributed by atoms with van der Waals surface area (Å²) in [5.74, 6) is -0.232. The van der Waals surface area contributed by atoms with E-state index in [0.717, 1.165) is 10.0 Å². The molecule has 0 aromatic heterocycles. The Morgan fingerprint density at radius 3 is 2.89 bits per heavy atom. The lowest BCUT2D eigenvalue weighted by Crippen LogP contribution is -2.56. The molecule has 4 nitrogen and oxygen atoms in total. The van der Waals surface area contributed by atoms with E-state index in [2.05, 4.69) is 21.2 Å². The summed E-state index contributed by atoms with van der Waals surface area (Å²) in [6.07, 6.45) is 0. The normalized spacial score (nSPS) is 19.9. The first-order chi connectivity index (χ1) is 8.49. The van der Waals surface area contributed by atoms with Crippen LogP contribution in [0.4, 0.5) is 0 Å². The van der Waals surface area contributed by atoms with E-state index >= 15 is 0 Å². The monoisotopic (exact) mass is 330 g/mol. The minimum Gasteiger partial charge on any atom is -0.345 e. The molecule has 96 valence electrons. The Morgan fingerprint density at radius 2 is 2.22 bits per heavy atom. The number of carbonyl (C=O) groups excluding carboxylic acids is 2. The number of hydrogen-bond donors (Lipinski definition) is 1. The van der Waals surface area contributed by atoms with E-state index in [-0.39, 0.29) is 18.4 Å². The number of amides is 2. The van der Waals surface area contributed by atoms with Gasteiger partial charge in [0.25, 0.3) is 0 Å². The van der Waals surface area contributed by atoms with Gasteiger partial charge in [-0.25, -0.2) is 0 Å². The summed E-state index contributed by atoms with van der Waals surface area (Å²) in [6.45, 7) is 2.11. The third kappa shape index (κ3) is 2.67. The molecule has 0 spiro atoms. The van der Waals surface area contributed by atoms with Crippen LogP contribution in [0.25, 0.3) is 0 Å². The molecule has 0 bridgehead atoms. The number of nitrogens with one attached hydrogen (secondary N) is 1. The molecule has 0 radical (unpaired) electrons. The third-order valence-electron chi connectivity index (χ3n) is 2.94. The van der Waals surface area contributed by atoms with Crippen molar-refractivity contribution >= 4 is 39.3 Å². The van der Waals surface area contributed by atoms with Crippen LogP contribution in [0.3, 0.4) is 0 Å². The van der Waals surface area contributed by atoms with E-state index in [9.17, 15) is 9.59 Å². The van der Waals surface area contributed by atoms with Crippen molar-refractivity contribution in [2.24, 2.45) is 0 Å². The first-order valence-electron chi connectivity index (χ1n) is 5.50. The summed E-state index contributed by atoms with van der Waals surface area (Å²) < 4.78 is 0.881. The SMILES string of the molecule is CC1C(=O)NCC(=O)N1Cc1ccc(Br)cc1Cl. The number of halogens is 2. The Bertz CT molecular complexity index is 507. The van der Waals surface area contributed by atoms with E-state index < -0.39 is 6.04 Å². The second kappa shape index (κ2) is 5.28. The average Bonchev–Trinajstić information content (AvgIpc) is 2.32. The molecule has 1 aromatic carbocycles. The Balaban J connectivity index is 2.21. The second-order valence-electron chi connectivity index (χ2n) is 4.15. The van der Waals surface area contributed by atoms with Crippen LogP contribution >= 0.6 is 27.5 Å². The number of hydrogen-bond acceptors (Lipinski definition) is 2. The average molecular weight is 332 g/mol. The van der Waals surface area contributed by atoms with Gasteiger partial charge in [0.15, 0.2) is 0 Å². The molecule has 6 heteroatoms. The minimum atomic E-state index is -0.467. The van der Waals surface area contributed by atoms with E-state index in [1.165, 1.54) is 4.90 Å². The van der Waals surface area contributed by atoms with E-state index in [1.54, 1.807) is 13.0 Å². The molecule has 1 heterocycles. The number of rotatable bonds is 2. The van der Waals surface area contributed by atoms with Crippen molar-refractivity contribution in [2.75, 3.05) is 6.54 Å². The summed E-state index contributed by atoms with van der Waals surface area (Å²) in [5.41, 5.74) is 0.828. The molecule has 18 heavy (non-hydrogen) atoms. The van der Waals surface area contributed by atoms with Gasteiger partial charge in [-0.3, -0.25) is 9.59 Å². The molecular formula is C12H12BrClN2O2. The first-order valence-corrected chi connectivity index (χ1v) is 6.67. The largest absolute Gasteiger partial charge is 0.345 e. The summed E-state index contributed by atoms with van der Waals surface area (Å²) in [5, 5.41) is 3.13. The van der Waals surface area contributed by atoms with Crippen molar-refractivity contribution in [3.8, 4) is 0 Å². The molecule has 1 fully saturated rings. The lowest BCUT2D eigenvalue weighted by Gasteiger charge is -2.33. The third-order valence-corrected chi connectivity index (χ3v) is 3.78. The number of benzene rings is 1. The van der Waals surface area contributed by atoms with Crippen LogP contribution in [0, 0.1) is 0 Å². The predicted molar refractivity (Wildman–Crippen MR) is 72.2 cm³/mol. The van der Waals surface area contributed by atoms with E-state index in [4.69, 9.17) is 11.6 Å². The summed E-state index contributed by atoms with van der Waals surface area (Å²) >= 11 is 9.44. The molecular weight excluding hydrogens is 320 g/mol. The smallest absolute Gasteiger partial charge is 0.242 e. The fraction of sp³-hybridized carbons (Fsp3) is 0.333. The zero-order valence-corrected chi connectivity index (χ0v) is 12.1. The molecule has 1 aliphatic heterocycles. The van der Waals surface area contributed by atoms with Crippen LogP contribution in [-0.2, 0) is 16.1 Å². The van der Waals surface area contributed by atoms with Crippen molar-refractivity contribution in [3.05, 3.63) is 33.3 Å². The van der Waals surface area contributed by atoms with Crippen LogP contribution in [0.15, 0.2) is 22.7 Å². The lowest BCUT2D eigenvalue weighted by atomic mass is 10.1. The van der Waals surface area contributed by atoms with Gasteiger partial charge >= 0.3 is 0 Å². The molecule has 1 unspecified atom stereocenters. The molecule has 0 aliphatic carbocycles. The highest BCUT2D eigenvalue weighted by Gasteiger charge is 2.31. The van der Waals surface area contributed by atoms with E-state index in [1.807, 2.05) is 12.1 Å². The molecule has 1 saturated heterocycles. The molecule has 2 rings (SSSR count). The van der Waals surface area contributed by atoms with Crippen LogP contribution in [0.5, 0.6) is 0 Å². The second-order valence-corrected chi connectivity index (χ2v) is 5.47. The van der Waals surface area contributed by atoms with Gasteiger partial charge in [0.2, 0.25) is 11.8 Å². The maximum atomic E-state index is 11.8. The highest BCUT2D eigenvalue weighted by Crippen LogP contribution is 2.23. The summed E-state index contributed by atoms with van der Waals surface area (Å²) in [4.78, 5) is 24.9. The minimum absolute atomic E-state index is 0.0529. The molecule has 1 aromatic rings. The highest BCUT2D eigenvalue weighted by atomic mass is 79.9. The van der Waals surface area contributed by atoms with Crippen molar-refractivity contribution in [3.63, 3.8) is 0 Å². The van der Waals surface area contributed by atoms with Gasteiger partial charge in [-0.05, 0) is 24.6 Å². The van der Waals surface area contributed by atoms with Gasteiger partial charge < -0.3 is 10.2 Å². The quantitative estimate of drug-likeness (QED) is 0.900. The Morgan fingerprint density at radius 1 is 1.50 bits per heavy atom. The van der Waals surface area contributed by atoms with Crippen LogP contribution in [-0.4, -0.2) is 29.3 Å². The molecule has 1 aliphatic rings. The van der Waals surface area contributed by atoms with Gasteiger partial charge in [0.1, 0.15) is 6.04 Å². The van der Waals surface area contributed by atoms with Crippen LogP contribution in [0.2, 0.25) is 5.02 Å². The molecule has 2 amide bonds. The molecule has 0 saturated carbocycles. The summed E-state index contributed by atoms with van der Waals surface area (Å²) in [7, 11) is 0. The zero-order valence-electron chi connectivity index (χ0n) is 9.74. The maximum absolute atomic E-state index is 11.8. The van der Waals surface area contributed by atoms with Gasteiger partial charge in [-0.1, -0.05) is 33.6 Å². The lowest BCUT2D eigenvalue weighted by molar-refractivity contribution is -0.145. The standard InChI is InChI=1S/C12H12BrClN2O2/c1-7-12(18)15-5-11(17)16(7)6-8-2-3-9(13)4-10(8)14/h2-4,7H,5-6H2,1H3,(H,15,18). The molecule has 1 atom stereocenters. The fourth-order valence-corrected chi connectivity index (χ4v) is 2.56. The van der Waals surface area contributed by atoms with Gasteiger partial charge in [-0.15, -0.1) is 0 Å². The van der Waals surface area contributed by atoms with Crippen molar-refractivity contribution in [2.45, 2.75) is 19.5 Å². The topological polar surface area (TPSA) is 49.4 Å². The first kappa shape index (κ1) is 13.4. The number of piperazine rings is 1. The van der Waals surface area contributed by atoms with E-state index in [0.29, 0.717) is 11.6 Å². The van der Waals surface area contributed by atoms with Gasteiger partial charge in [0, 0.05) is 16.0 Å². The van der Waals surface area contributed by atoms with Crippen LogP contribution in [0.1, 0.15) is 12.5 Å². The van der Waals surface area contributed by atoms with Crippen molar-refractivity contribution in [1.82, 2.24) is 10.2 Å².